The van der Waals surface area contributed by atoms with Gasteiger partial charge >= 0.3 is 0 Å². The van der Waals surface area contributed by atoms with E-state index in [0.29, 0.717) is 17.9 Å². The van der Waals surface area contributed by atoms with Gasteiger partial charge in [-0.05, 0) is 30.0 Å². The molecule has 90 valence electrons. The summed E-state index contributed by atoms with van der Waals surface area (Å²) in [5.41, 5.74) is 0.605. The van der Waals surface area contributed by atoms with E-state index in [1.54, 1.807) is 6.07 Å². The van der Waals surface area contributed by atoms with Crippen molar-refractivity contribution >= 4 is 11.6 Å². The Morgan fingerprint density at radius 3 is 2.44 bits per heavy atom. The topological polar surface area (TPSA) is 20.2 Å². The molecule has 0 aliphatic heterocycles. The normalized spacial score (nSPS) is 13.1. The van der Waals surface area contributed by atoms with Gasteiger partial charge < -0.3 is 5.11 Å². The van der Waals surface area contributed by atoms with Gasteiger partial charge in [-0.25, -0.2) is 4.39 Å². The molecule has 0 saturated carbocycles. The van der Waals surface area contributed by atoms with E-state index in [1.807, 2.05) is 0 Å². The van der Waals surface area contributed by atoms with Gasteiger partial charge in [-0.15, -0.1) is 0 Å². The molecule has 1 N–H and O–H groups in total. The molecule has 0 heterocycles. The molecule has 0 amide bonds. The summed E-state index contributed by atoms with van der Waals surface area (Å²) in [7, 11) is 0. The fourth-order valence-corrected chi connectivity index (χ4v) is 1.91. The summed E-state index contributed by atoms with van der Waals surface area (Å²) in [5, 5.41) is 10.1. The first kappa shape index (κ1) is 13.5. The van der Waals surface area contributed by atoms with Crippen LogP contribution in [-0.2, 0) is 0 Å². The lowest BCUT2D eigenvalue weighted by Gasteiger charge is -2.17. The fourth-order valence-electron chi connectivity index (χ4n) is 1.79. The summed E-state index contributed by atoms with van der Waals surface area (Å²) in [6, 6.07) is 4.48. The molecule has 0 saturated heterocycles. The molecule has 1 aromatic carbocycles. The van der Waals surface area contributed by atoms with Crippen LogP contribution in [0.1, 0.15) is 44.8 Å². The van der Waals surface area contributed by atoms with Crippen LogP contribution in [0.3, 0.4) is 0 Å². The van der Waals surface area contributed by atoms with Gasteiger partial charge in [0.15, 0.2) is 0 Å². The molecule has 0 radical (unpaired) electrons. The molecule has 0 bridgehead atoms. The molecule has 1 unspecified atom stereocenters. The summed E-state index contributed by atoms with van der Waals surface area (Å²) < 4.78 is 13.2. The zero-order chi connectivity index (χ0) is 12.1. The Bertz CT molecular complexity index is 337. The van der Waals surface area contributed by atoms with E-state index in [9.17, 15) is 9.50 Å². The molecular formula is C13H18ClFO. The van der Waals surface area contributed by atoms with Crippen molar-refractivity contribution in [3.63, 3.8) is 0 Å². The Balaban J connectivity index is 2.72. The molecule has 16 heavy (non-hydrogen) atoms. The highest BCUT2D eigenvalue weighted by Gasteiger charge is 2.14. The van der Waals surface area contributed by atoms with Crippen LogP contribution in [0.2, 0.25) is 5.02 Å². The van der Waals surface area contributed by atoms with Crippen molar-refractivity contribution < 1.29 is 9.50 Å². The lowest BCUT2D eigenvalue weighted by molar-refractivity contribution is 0.141. The molecule has 0 spiro atoms. The number of aliphatic hydroxyl groups is 1. The van der Waals surface area contributed by atoms with Gasteiger partial charge in [-0.1, -0.05) is 44.4 Å². The van der Waals surface area contributed by atoms with Gasteiger partial charge in [0, 0.05) is 0 Å². The van der Waals surface area contributed by atoms with E-state index in [1.165, 1.54) is 12.1 Å². The maximum Gasteiger partial charge on any atom is 0.142 e. The van der Waals surface area contributed by atoms with Crippen LogP contribution in [-0.4, -0.2) is 5.11 Å². The van der Waals surface area contributed by atoms with Gasteiger partial charge in [-0.3, -0.25) is 0 Å². The molecule has 1 nitrogen and oxygen atoms in total. The van der Waals surface area contributed by atoms with Crippen LogP contribution in [0.15, 0.2) is 18.2 Å². The first-order chi connectivity index (χ1) is 7.58. The van der Waals surface area contributed by atoms with Crippen LogP contribution in [0.5, 0.6) is 0 Å². The van der Waals surface area contributed by atoms with Crippen molar-refractivity contribution in [3.05, 3.63) is 34.6 Å². The molecule has 1 atom stereocenters. The number of benzene rings is 1. The zero-order valence-corrected chi connectivity index (χ0v) is 10.5. The summed E-state index contributed by atoms with van der Waals surface area (Å²) in [4.78, 5) is 0. The second-order valence-electron chi connectivity index (χ2n) is 4.11. The second-order valence-corrected chi connectivity index (χ2v) is 4.51. The standard InChI is InChI=1S/C13H18ClFO/c1-3-9(4-2)7-13(16)10-5-6-11(14)12(15)8-10/h5-6,8-9,13,16H,3-4,7H2,1-2H3. The number of halogens is 2. The minimum atomic E-state index is -0.600. The summed E-state index contributed by atoms with van der Waals surface area (Å²) in [5.74, 6) is 0.0107. The fraction of sp³-hybridized carbons (Fsp3) is 0.538. The lowest BCUT2D eigenvalue weighted by Crippen LogP contribution is -2.06. The average molecular weight is 245 g/mol. The average Bonchev–Trinajstić information content (AvgIpc) is 2.29. The third kappa shape index (κ3) is 3.46. The van der Waals surface area contributed by atoms with Gasteiger partial charge in [-0.2, -0.15) is 0 Å². The molecular weight excluding hydrogens is 227 g/mol. The maximum absolute atomic E-state index is 13.2. The van der Waals surface area contributed by atoms with Crippen molar-refractivity contribution in [2.24, 2.45) is 5.92 Å². The Labute approximate surface area is 101 Å². The van der Waals surface area contributed by atoms with Gasteiger partial charge in [0.2, 0.25) is 0 Å². The highest BCUT2D eigenvalue weighted by atomic mass is 35.5. The van der Waals surface area contributed by atoms with E-state index in [0.717, 1.165) is 12.8 Å². The highest BCUT2D eigenvalue weighted by molar-refractivity contribution is 6.30. The minimum absolute atomic E-state index is 0.0958. The van der Waals surface area contributed by atoms with Gasteiger partial charge in [0.25, 0.3) is 0 Å². The van der Waals surface area contributed by atoms with Crippen LogP contribution < -0.4 is 0 Å². The molecule has 3 heteroatoms. The van der Waals surface area contributed by atoms with E-state index in [4.69, 9.17) is 11.6 Å². The van der Waals surface area contributed by atoms with Crippen molar-refractivity contribution in [3.8, 4) is 0 Å². The predicted octanol–water partition coefficient (Wildman–Crippen LogP) is 4.34. The number of hydrogen-bond donors (Lipinski definition) is 1. The Morgan fingerprint density at radius 1 is 1.31 bits per heavy atom. The molecule has 0 aromatic heterocycles. The van der Waals surface area contributed by atoms with E-state index >= 15 is 0 Å². The summed E-state index contributed by atoms with van der Waals surface area (Å²) in [6.45, 7) is 4.20. The van der Waals surface area contributed by atoms with E-state index in [2.05, 4.69) is 13.8 Å². The SMILES string of the molecule is CCC(CC)CC(O)c1ccc(Cl)c(F)c1. The van der Waals surface area contributed by atoms with Crippen LogP contribution in [0, 0.1) is 11.7 Å². The largest absolute Gasteiger partial charge is 0.388 e. The molecule has 0 fully saturated rings. The second kappa shape index (κ2) is 6.21. The third-order valence-corrected chi connectivity index (χ3v) is 3.35. The first-order valence-electron chi connectivity index (χ1n) is 5.71. The maximum atomic E-state index is 13.2. The zero-order valence-electron chi connectivity index (χ0n) is 9.71. The molecule has 1 aromatic rings. The number of hydrogen-bond acceptors (Lipinski definition) is 1. The monoisotopic (exact) mass is 244 g/mol. The third-order valence-electron chi connectivity index (χ3n) is 3.04. The van der Waals surface area contributed by atoms with Crippen molar-refractivity contribution in [2.45, 2.75) is 39.2 Å². The summed E-state index contributed by atoms with van der Waals surface area (Å²) in [6.07, 6.45) is 2.14. The van der Waals surface area contributed by atoms with Crippen LogP contribution >= 0.6 is 11.6 Å². The van der Waals surface area contributed by atoms with Crippen LogP contribution in [0.25, 0.3) is 0 Å². The van der Waals surface area contributed by atoms with Gasteiger partial charge in [0.1, 0.15) is 5.82 Å². The summed E-state index contributed by atoms with van der Waals surface area (Å²) >= 11 is 5.59. The molecule has 0 aliphatic carbocycles. The molecule has 1 rings (SSSR count). The predicted molar refractivity (Wildman–Crippen MR) is 65.1 cm³/mol. The number of rotatable bonds is 5. The van der Waals surface area contributed by atoms with Crippen molar-refractivity contribution in [1.82, 2.24) is 0 Å². The van der Waals surface area contributed by atoms with Crippen LogP contribution in [0.4, 0.5) is 4.39 Å². The Kier molecular flexibility index (Phi) is 5.23. The highest BCUT2D eigenvalue weighted by Crippen LogP contribution is 2.27. The van der Waals surface area contributed by atoms with Crippen molar-refractivity contribution in [1.29, 1.82) is 0 Å². The quantitative estimate of drug-likeness (QED) is 0.817. The first-order valence-corrected chi connectivity index (χ1v) is 6.09. The van der Waals surface area contributed by atoms with E-state index < -0.39 is 11.9 Å². The molecule has 0 aliphatic rings. The minimum Gasteiger partial charge on any atom is -0.388 e. The smallest absolute Gasteiger partial charge is 0.142 e. The van der Waals surface area contributed by atoms with Gasteiger partial charge in [0.05, 0.1) is 11.1 Å². The Hall–Kier alpha value is -0.600. The lowest BCUT2D eigenvalue weighted by atomic mass is 9.93. The number of aliphatic hydroxyl groups excluding tert-OH is 1. The van der Waals surface area contributed by atoms with Crippen molar-refractivity contribution in [2.75, 3.05) is 0 Å². The van der Waals surface area contributed by atoms with E-state index in [-0.39, 0.29) is 5.02 Å². The Morgan fingerprint density at radius 2 is 1.94 bits per heavy atom.